The number of H-pyrrole nitrogens is 1. The van der Waals surface area contributed by atoms with E-state index in [1.54, 1.807) is 0 Å². The lowest BCUT2D eigenvalue weighted by Crippen LogP contribution is -2.15. The summed E-state index contributed by atoms with van der Waals surface area (Å²) in [6.07, 6.45) is 0.727. The maximum absolute atomic E-state index is 12.9. The molecular weight excluding hydrogens is 212 g/mol. The molecule has 3 nitrogen and oxygen atoms in total. The highest BCUT2D eigenvalue weighted by atomic mass is 19.2. The van der Waals surface area contributed by atoms with Gasteiger partial charge in [0.2, 0.25) is 0 Å². The first kappa shape index (κ1) is 11.0. The van der Waals surface area contributed by atoms with Crippen molar-refractivity contribution in [2.45, 2.75) is 6.42 Å². The van der Waals surface area contributed by atoms with E-state index in [9.17, 15) is 8.78 Å². The number of nitrogens with zero attached hydrogens (tertiary/aromatic N) is 2. The van der Waals surface area contributed by atoms with Crippen molar-refractivity contribution in [2.75, 3.05) is 20.6 Å². The molecular formula is C11H13F2N3. The summed E-state index contributed by atoms with van der Waals surface area (Å²) < 4.78 is 25.9. The lowest BCUT2D eigenvalue weighted by molar-refractivity contribution is 0.410. The van der Waals surface area contributed by atoms with Gasteiger partial charge in [-0.3, -0.25) is 0 Å². The van der Waals surface area contributed by atoms with E-state index in [2.05, 4.69) is 9.97 Å². The Bertz CT molecular complexity index is 466. The minimum atomic E-state index is -0.863. The van der Waals surface area contributed by atoms with Gasteiger partial charge in [-0.15, -0.1) is 0 Å². The minimum absolute atomic E-state index is 0.465. The van der Waals surface area contributed by atoms with Crippen LogP contribution in [0.4, 0.5) is 8.78 Å². The molecule has 2 aromatic rings. The molecule has 1 heterocycles. The van der Waals surface area contributed by atoms with Gasteiger partial charge in [-0.2, -0.15) is 0 Å². The Morgan fingerprint density at radius 1 is 1.25 bits per heavy atom. The van der Waals surface area contributed by atoms with Crippen LogP contribution in [0.15, 0.2) is 12.1 Å². The quantitative estimate of drug-likeness (QED) is 0.865. The summed E-state index contributed by atoms with van der Waals surface area (Å²) in [5.74, 6) is -0.970. The molecule has 0 fully saturated rings. The van der Waals surface area contributed by atoms with Crippen LogP contribution in [0, 0.1) is 11.6 Å². The highest BCUT2D eigenvalue weighted by Crippen LogP contribution is 2.16. The number of likely N-dealkylation sites (N-methyl/N-ethyl adjacent to an activating group) is 1. The zero-order valence-electron chi connectivity index (χ0n) is 9.22. The molecule has 86 valence electrons. The zero-order valence-corrected chi connectivity index (χ0v) is 9.22. The third kappa shape index (κ3) is 2.19. The average Bonchev–Trinajstić information content (AvgIpc) is 2.58. The van der Waals surface area contributed by atoms with E-state index in [4.69, 9.17) is 0 Å². The predicted octanol–water partition coefficient (Wildman–Crippen LogP) is 1.95. The number of rotatable bonds is 3. The van der Waals surface area contributed by atoms with E-state index in [0.717, 1.165) is 30.9 Å². The van der Waals surface area contributed by atoms with Crippen molar-refractivity contribution in [3.8, 4) is 0 Å². The molecule has 5 heteroatoms. The van der Waals surface area contributed by atoms with Crippen LogP contribution in [0.1, 0.15) is 5.82 Å². The molecule has 0 bridgehead atoms. The second-order valence-corrected chi connectivity index (χ2v) is 4.02. The van der Waals surface area contributed by atoms with Crippen LogP contribution in [-0.4, -0.2) is 35.5 Å². The van der Waals surface area contributed by atoms with E-state index < -0.39 is 11.6 Å². The molecule has 0 aliphatic rings. The van der Waals surface area contributed by atoms with E-state index in [1.165, 1.54) is 0 Å². The van der Waals surface area contributed by atoms with Crippen molar-refractivity contribution in [1.82, 2.24) is 14.9 Å². The molecule has 0 amide bonds. The third-order valence-corrected chi connectivity index (χ3v) is 2.37. The van der Waals surface area contributed by atoms with Crippen molar-refractivity contribution >= 4 is 11.0 Å². The van der Waals surface area contributed by atoms with Gasteiger partial charge in [0, 0.05) is 25.1 Å². The van der Waals surface area contributed by atoms with E-state index in [-0.39, 0.29) is 0 Å². The van der Waals surface area contributed by atoms with E-state index >= 15 is 0 Å². The molecule has 0 spiro atoms. The molecule has 1 aromatic heterocycles. The van der Waals surface area contributed by atoms with Gasteiger partial charge in [0.15, 0.2) is 11.6 Å². The van der Waals surface area contributed by atoms with Gasteiger partial charge in [0.05, 0.1) is 11.0 Å². The van der Waals surface area contributed by atoms with Crippen LogP contribution in [-0.2, 0) is 6.42 Å². The van der Waals surface area contributed by atoms with Crippen molar-refractivity contribution in [3.05, 3.63) is 29.6 Å². The molecule has 0 unspecified atom stereocenters. The lowest BCUT2D eigenvalue weighted by atomic mass is 10.3. The largest absolute Gasteiger partial charge is 0.342 e. The Hall–Kier alpha value is -1.49. The highest BCUT2D eigenvalue weighted by Gasteiger charge is 2.08. The van der Waals surface area contributed by atoms with Crippen LogP contribution in [0.25, 0.3) is 11.0 Å². The Balaban J connectivity index is 2.29. The van der Waals surface area contributed by atoms with E-state index in [0.29, 0.717) is 11.0 Å². The number of benzene rings is 1. The first-order valence-corrected chi connectivity index (χ1v) is 5.04. The van der Waals surface area contributed by atoms with Gasteiger partial charge in [-0.1, -0.05) is 0 Å². The summed E-state index contributed by atoms with van der Waals surface area (Å²) in [6.45, 7) is 0.838. The molecule has 0 aliphatic heterocycles. The molecule has 0 saturated heterocycles. The van der Waals surface area contributed by atoms with Crippen molar-refractivity contribution in [3.63, 3.8) is 0 Å². The molecule has 1 N–H and O–H groups in total. The normalized spacial score (nSPS) is 11.6. The van der Waals surface area contributed by atoms with Crippen LogP contribution in [0.3, 0.4) is 0 Å². The molecule has 16 heavy (non-hydrogen) atoms. The maximum atomic E-state index is 12.9. The number of nitrogens with one attached hydrogen (secondary N) is 1. The summed E-state index contributed by atoms with van der Waals surface area (Å²) in [5, 5.41) is 0. The fourth-order valence-electron chi connectivity index (χ4n) is 1.51. The van der Waals surface area contributed by atoms with Crippen LogP contribution >= 0.6 is 0 Å². The van der Waals surface area contributed by atoms with Crippen LogP contribution in [0.5, 0.6) is 0 Å². The lowest BCUT2D eigenvalue weighted by Gasteiger charge is -2.06. The summed E-state index contributed by atoms with van der Waals surface area (Å²) in [7, 11) is 3.92. The average molecular weight is 225 g/mol. The van der Waals surface area contributed by atoms with E-state index in [1.807, 2.05) is 19.0 Å². The second kappa shape index (κ2) is 4.17. The number of aromatic nitrogens is 2. The van der Waals surface area contributed by atoms with Crippen molar-refractivity contribution in [1.29, 1.82) is 0 Å². The Labute approximate surface area is 92.1 Å². The van der Waals surface area contributed by atoms with Gasteiger partial charge < -0.3 is 9.88 Å². The maximum Gasteiger partial charge on any atom is 0.161 e. The Morgan fingerprint density at radius 3 is 2.62 bits per heavy atom. The number of aromatic amines is 1. The number of fused-ring (bicyclic) bond motifs is 1. The van der Waals surface area contributed by atoms with Gasteiger partial charge in [-0.05, 0) is 14.1 Å². The molecule has 2 rings (SSSR count). The molecule has 0 radical (unpaired) electrons. The van der Waals surface area contributed by atoms with Crippen molar-refractivity contribution < 1.29 is 8.78 Å². The summed E-state index contributed by atoms with van der Waals surface area (Å²) >= 11 is 0. The smallest absolute Gasteiger partial charge is 0.161 e. The number of hydrogen-bond donors (Lipinski definition) is 1. The topological polar surface area (TPSA) is 31.9 Å². The number of halogens is 2. The Kier molecular flexibility index (Phi) is 2.87. The van der Waals surface area contributed by atoms with Gasteiger partial charge in [0.1, 0.15) is 5.82 Å². The standard InChI is InChI=1S/C11H13F2N3/c1-16(2)4-3-11-14-9-5-7(12)8(13)6-10(9)15-11/h5-6H,3-4H2,1-2H3,(H,14,15). The first-order chi connectivity index (χ1) is 7.56. The summed E-state index contributed by atoms with van der Waals surface area (Å²) in [5.41, 5.74) is 1.00. The number of imidazole rings is 1. The summed E-state index contributed by atoms with van der Waals surface area (Å²) in [4.78, 5) is 9.19. The van der Waals surface area contributed by atoms with Gasteiger partial charge in [0.25, 0.3) is 0 Å². The molecule has 1 aromatic carbocycles. The minimum Gasteiger partial charge on any atom is -0.342 e. The SMILES string of the molecule is CN(C)CCc1nc2cc(F)c(F)cc2[nH]1. The van der Waals surface area contributed by atoms with Crippen LogP contribution in [0.2, 0.25) is 0 Å². The predicted molar refractivity (Wildman–Crippen MR) is 58.3 cm³/mol. The van der Waals surface area contributed by atoms with Gasteiger partial charge in [-0.25, -0.2) is 13.8 Å². The first-order valence-electron chi connectivity index (χ1n) is 5.04. The fourth-order valence-corrected chi connectivity index (χ4v) is 1.51. The fraction of sp³-hybridized carbons (Fsp3) is 0.364. The van der Waals surface area contributed by atoms with Crippen LogP contribution < -0.4 is 0 Å². The van der Waals surface area contributed by atoms with Crippen molar-refractivity contribution in [2.24, 2.45) is 0 Å². The third-order valence-electron chi connectivity index (χ3n) is 2.37. The molecule has 0 aliphatic carbocycles. The zero-order chi connectivity index (χ0) is 11.7. The Morgan fingerprint density at radius 2 is 1.94 bits per heavy atom. The second-order valence-electron chi connectivity index (χ2n) is 4.02. The number of hydrogen-bond acceptors (Lipinski definition) is 2. The molecule has 0 saturated carbocycles. The van der Waals surface area contributed by atoms with Gasteiger partial charge >= 0.3 is 0 Å². The highest BCUT2D eigenvalue weighted by molar-refractivity contribution is 5.75. The summed E-state index contributed by atoms with van der Waals surface area (Å²) in [6, 6.07) is 2.25. The monoisotopic (exact) mass is 225 g/mol. The molecule has 0 atom stereocenters.